The van der Waals surface area contributed by atoms with Crippen molar-refractivity contribution in [2.45, 2.75) is 0 Å². The first-order chi connectivity index (χ1) is 27.2. The average Bonchev–Trinajstić information content (AvgIpc) is 3.98. The summed E-state index contributed by atoms with van der Waals surface area (Å²) in [5.41, 5.74) is 10.7. The highest BCUT2D eigenvalue weighted by Gasteiger charge is 2.17. The summed E-state index contributed by atoms with van der Waals surface area (Å²) in [5.74, 6) is 2.79. The van der Waals surface area contributed by atoms with Gasteiger partial charge < -0.3 is 13.4 Å². The van der Waals surface area contributed by atoms with Crippen LogP contribution in [0.3, 0.4) is 0 Å². The van der Waals surface area contributed by atoms with Crippen LogP contribution in [0.15, 0.2) is 179 Å². The second-order valence-corrected chi connectivity index (χ2v) is 13.4. The minimum atomic E-state index is 0.550. The molecule has 0 unspecified atom stereocenters. The zero-order valence-corrected chi connectivity index (χ0v) is 29.2. The van der Waals surface area contributed by atoms with Crippen LogP contribution in [-0.2, 0) is 0 Å². The van der Waals surface area contributed by atoms with Crippen molar-refractivity contribution in [3.05, 3.63) is 170 Å². The van der Waals surface area contributed by atoms with E-state index in [0.717, 1.165) is 66.7 Å². The highest BCUT2D eigenvalue weighted by molar-refractivity contribution is 6.09. The molecule has 0 saturated heterocycles. The normalized spacial score (nSPS) is 11.6. The van der Waals surface area contributed by atoms with Gasteiger partial charge in [-0.05, 0) is 72.8 Å². The van der Waals surface area contributed by atoms with Gasteiger partial charge in [0.25, 0.3) is 0 Å². The van der Waals surface area contributed by atoms with E-state index in [9.17, 15) is 0 Å². The molecule has 8 heteroatoms. The Morgan fingerprint density at radius 1 is 0.345 bits per heavy atom. The molecule has 258 valence electrons. The number of oxazole rings is 2. The molecule has 0 N–H and O–H groups in total. The quantitative estimate of drug-likeness (QED) is 0.170. The van der Waals surface area contributed by atoms with Crippen LogP contribution in [0.5, 0.6) is 0 Å². The van der Waals surface area contributed by atoms with Gasteiger partial charge in [-0.1, -0.05) is 97.1 Å². The highest BCUT2D eigenvalue weighted by atomic mass is 16.4. The second-order valence-electron chi connectivity index (χ2n) is 13.4. The first-order valence-corrected chi connectivity index (χ1v) is 18.0. The van der Waals surface area contributed by atoms with E-state index >= 15 is 0 Å². The molecule has 0 bridgehead atoms. The van der Waals surface area contributed by atoms with Crippen LogP contribution in [-0.4, -0.2) is 29.5 Å². The number of para-hydroxylation sites is 6. The molecule has 0 saturated carbocycles. The minimum Gasteiger partial charge on any atom is -0.436 e. The lowest BCUT2D eigenvalue weighted by Gasteiger charge is -2.12. The van der Waals surface area contributed by atoms with Gasteiger partial charge in [-0.2, -0.15) is 0 Å². The predicted molar refractivity (Wildman–Crippen MR) is 216 cm³/mol. The fraction of sp³-hybridized carbons (Fsp3) is 0. The first-order valence-electron chi connectivity index (χ1n) is 18.0. The van der Waals surface area contributed by atoms with Crippen LogP contribution in [0.2, 0.25) is 0 Å². The summed E-state index contributed by atoms with van der Waals surface area (Å²) < 4.78 is 14.4. The average molecular weight is 709 g/mol. The Hall–Kier alpha value is -7.71. The van der Waals surface area contributed by atoms with Crippen molar-refractivity contribution in [3.8, 4) is 62.8 Å². The van der Waals surface area contributed by atoms with Gasteiger partial charge in [0.05, 0.1) is 11.0 Å². The molecule has 0 spiro atoms. The summed E-state index contributed by atoms with van der Waals surface area (Å²) in [5, 5.41) is 2.41. The molecule has 0 radical (unpaired) electrons. The van der Waals surface area contributed by atoms with Gasteiger partial charge in [0.2, 0.25) is 11.8 Å². The Balaban J connectivity index is 1.03. The van der Waals surface area contributed by atoms with E-state index in [-0.39, 0.29) is 0 Å². The third-order valence-corrected chi connectivity index (χ3v) is 9.95. The fourth-order valence-electron chi connectivity index (χ4n) is 7.26. The van der Waals surface area contributed by atoms with Crippen molar-refractivity contribution in [2.24, 2.45) is 0 Å². The molecule has 0 fully saturated rings. The van der Waals surface area contributed by atoms with Gasteiger partial charge in [0.1, 0.15) is 11.0 Å². The molecule has 4 aromatic heterocycles. The lowest BCUT2D eigenvalue weighted by Crippen LogP contribution is -2.01. The number of nitrogens with zero attached hydrogens (tertiary/aromatic N) is 6. The van der Waals surface area contributed by atoms with Crippen LogP contribution in [0, 0.1) is 0 Å². The Kier molecular flexibility index (Phi) is 6.99. The molecule has 11 aromatic rings. The second kappa shape index (κ2) is 12.5. The van der Waals surface area contributed by atoms with Crippen molar-refractivity contribution in [1.29, 1.82) is 0 Å². The Bertz CT molecular complexity index is 2960. The zero-order valence-electron chi connectivity index (χ0n) is 29.2. The summed E-state index contributed by atoms with van der Waals surface area (Å²) in [6.07, 6.45) is 0. The van der Waals surface area contributed by atoms with Crippen LogP contribution in [0.4, 0.5) is 0 Å². The maximum absolute atomic E-state index is 6.04. The molecular formula is C47H28N6O2. The van der Waals surface area contributed by atoms with E-state index in [1.54, 1.807) is 0 Å². The van der Waals surface area contributed by atoms with E-state index in [0.29, 0.717) is 29.3 Å². The zero-order chi connectivity index (χ0) is 36.3. The lowest BCUT2D eigenvalue weighted by molar-refractivity contribution is 0.619. The number of benzene rings is 7. The Labute approximate surface area is 314 Å². The smallest absolute Gasteiger partial charge is 0.227 e. The van der Waals surface area contributed by atoms with Crippen molar-refractivity contribution >= 4 is 44.0 Å². The van der Waals surface area contributed by atoms with Crippen LogP contribution in [0.25, 0.3) is 107 Å². The molecule has 0 aliphatic carbocycles. The van der Waals surface area contributed by atoms with E-state index in [1.807, 2.05) is 103 Å². The summed E-state index contributed by atoms with van der Waals surface area (Å²) >= 11 is 0. The number of hydrogen-bond donors (Lipinski definition) is 0. The van der Waals surface area contributed by atoms with Crippen LogP contribution < -0.4 is 0 Å². The number of hydrogen-bond acceptors (Lipinski definition) is 7. The molecule has 55 heavy (non-hydrogen) atoms. The number of aromatic nitrogens is 6. The van der Waals surface area contributed by atoms with Gasteiger partial charge in [-0.3, -0.25) is 0 Å². The topological polar surface area (TPSA) is 95.7 Å². The third kappa shape index (κ3) is 5.35. The molecule has 0 atom stereocenters. The molecule has 8 nitrogen and oxygen atoms in total. The highest BCUT2D eigenvalue weighted by Crippen LogP contribution is 2.34. The van der Waals surface area contributed by atoms with Gasteiger partial charge in [0, 0.05) is 44.3 Å². The fourth-order valence-corrected chi connectivity index (χ4v) is 7.26. The van der Waals surface area contributed by atoms with E-state index in [1.165, 1.54) is 10.8 Å². The van der Waals surface area contributed by atoms with Crippen molar-refractivity contribution in [3.63, 3.8) is 0 Å². The summed E-state index contributed by atoms with van der Waals surface area (Å²) in [4.78, 5) is 24.5. The maximum Gasteiger partial charge on any atom is 0.227 e. The number of rotatable bonds is 6. The maximum atomic E-state index is 6.04. The standard InChI is InChI=1S/C47H28N6O2/c1-5-16-39-35(12-1)36-13-2-6-17-40(36)53(39)34-11-9-10-33(28-34)45-51-43(29-20-24-31(25-21-29)46-48-37-14-3-7-18-41(37)54-46)50-44(52-45)30-22-26-32(27-23-30)47-49-38-15-4-8-19-42(38)55-47/h1-28H. The van der Waals surface area contributed by atoms with Gasteiger partial charge >= 0.3 is 0 Å². The summed E-state index contributed by atoms with van der Waals surface area (Å²) in [6, 6.07) is 56.9. The van der Waals surface area contributed by atoms with E-state index in [4.69, 9.17) is 23.8 Å². The van der Waals surface area contributed by atoms with Gasteiger partial charge in [-0.25, -0.2) is 24.9 Å². The SMILES string of the molecule is c1cc(-c2nc(-c3ccc(-c4nc5ccccc5o4)cc3)nc(-c3ccc(-c4nc5ccccc5o4)cc3)n2)cc(-n2c3ccccc3c3ccccc32)c1. The lowest BCUT2D eigenvalue weighted by atomic mass is 10.1. The Morgan fingerprint density at radius 3 is 1.29 bits per heavy atom. The molecule has 7 aromatic carbocycles. The molecule has 0 amide bonds. The summed E-state index contributed by atoms with van der Waals surface area (Å²) in [6.45, 7) is 0. The largest absolute Gasteiger partial charge is 0.436 e. The van der Waals surface area contributed by atoms with E-state index in [2.05, 4.69) is 81.3 Å². The molecule has 11 rings (SSSR count). The monoisotopic (exact) mass is 708 g/mol. The Morgan fingerprint density at radius 2 is 0.782 bits per heavy atom. The van der Waals surface area contributed by atoms with Crippen LogP contribution >= 0.6 is 0 Å². The van der Waals surface area contributed by atoms with E-state index < -0.39 is 0 Å². The third-order valence-electron chi connectivity index (χ3n) is 9.95. The summed E-state index contributed by atoms with van der Waals surface area (Å²) in [7, 11) is 0. The molecule has 4 heterocycles. The van der Waals surface area contributed by atoms with Gasteiger partial charge in [-0.15, -0.1) is 0 Å². The molecule has 0 aliphatic rings. The van der Waals surface area contributed by atoms with Crippen LogP contribution in [0.1, 0.15) is 0 Å². The minimum absolute atomic E-state index is 0.550. The van der Waals surface area contributed by atoms with Crippen molar-refractivity contribution < 1.29 is 8.83 Å². The number of fused-ring (bicyclic) bond motifs is 5. The molecule has 0 aliphatic heterocycles. The molecular weight excluding hydrogens is 681 g/mol. The van der Waals surface area contributed by atoms with Crippen molar-refractivity contribution in [1.82, 2.24) is 29.5 Å². The predicted octanol–water partition coefficient (Wildman–Crippen LogP) is 11.6. The van der Waals surface area contributed by atoms with Gasteiger partial charge in [0.15, 0.2) is 28.6 Å². The first kappa shape index (κ1) is 30.9. The van der Waals surface area contributed by atoms with Crippen molar-refractivity contribution in [2.75, 3.05) is 0 Å².